The van der Waals surface area contributed by atoms with Crippen LogP contribution in [-0.4, -0.2) is 58.3 Å². The molecule has 0 saturated carbocycles. The molecule has 3 heterocycles. The molecule has 6 nitrogen and oxygen atoms in total. The van der Waals surface area contributed by atoms with Gasteiger partial charge in [0.2, 0.25) is 5.91 Å². The molecule has 1 spiro atoms. The van der Waals surface area contributed by atoms with Crippen LogP contribution < -0.4 is 5.32 Å². The van der Waals surface area contributed by atoms with Crippen molar-refractivity contribution in [2.45, 2.75) is 38.8 Å². The Morgan fingerprint density at radius 2 is 1.93 bits per heavy atom. The largest absolute Gasteiger partial charge is 0.344 e. The molecule has 0 aliphatic carbocycles. The number of likely N-dealkylation sites (tertiary alicyclic amines) is 1. The molecule has 158 valence electrons. The molecular weight excluding hydrogens is 376 g/mol. The fourth-order valence-electron chi connectivity index (χ4n) is 5.00. The summed E-state index contributed by atoms with van der Waals surface area (Å²) in [6, 6.07) is 11.8. The second kappa shape index (κ2) is 8.56. The molecule has 0 radical (unpaired) electrons. The summed E-state index contributed by atoms with van der Waals surface area (Å²) in [4.78, 5) is 35.0. The topological polar surface area (TPSA) is 65.5 Å². The van der Waals surface area contributed by atoms with Crippen molar-refractivity contribution in [3.63, 3.8) is 0 Å². The molecule has 2 atom stereocenters. The highest BCUT2D eigenvalue weighted by molar-refractivity contribution is 5.97. The van der Waals surface area contributed by atoms with Gasteiger partial charge in [0, 0.05) is 50.7 Å². The van der Waals surface area contributed by atoms with Crippen molar-refractivity contribution in [3.8, 4) is 0 Å². The first kappa shape index (κ1) is 20.5. The molecule has 4 rings (SSSR count). The van der Waals surface area contributed by atoms with E-state index in [1.54, 1.807) is 12.4 Å². The van der Waals surface area contributed by atoms with E-state index in [9.17, 15) is 9.59 Å². The maximum Gasteiger partial charge on any atom is 0.252 e. The Morgan fingerprint density at radius 1 is 1.20 bits per heavy atom. The van der Waals surface area contributed by atoms with E-state index < -0.39 is 5.54 Å². The lowest BCUT2D eigenvalue weighted by molar-refractivity contribution is -0.136. The van der Waals surface area contributed by atoms with Gasteiger partial charge in [0.05, 0.1) is 11.5 Å². The molecule has 1 saturated heterocycles. The van der Waals surface area contributed by atoms with E-state index in [0.717, 1.165) is 30.5 Å². The summed E-state index contributed by atoms with van der Waals surface area (Å²) in [5, 5.41) is 3.32. The molecule has 0 unspecified atom stereocenters. The Labute approximate surface area is 178 Å². The van der Waals surface area contributed by atoms with Gasteiger partial charge in [0.1, 0.15) is 0 Å². The molecule has 2 aliphatic rings. The molecule has 2 amide bonds. The number of hydrogen-bond donors (Lipinski definition) is 1. The summed E-state index contributed by atoms with van der Waals surface area (Å²) in [5.41, 5.74) is 2.41. The number of nitrogens with zero attached hydrogens (tertiary/aromatic N) is 3. The smallest absolute Gasteiger partial charge is 0.252 e. The van der Waals surface area contributed by atoms with Crippen molar-refractivity contribution in [1.29, 1.82) is 0 Å². The van der Waals surface area contributed by atoms with Crippen LogP contribution in [0.1, 0.15) is 41.8 Å². The van der Waals surface area contributed by atoms with Crippen LogP contribution in [0.3, 0.4) is 0 Å². The van der Waals surface area contributed by atoms with Crippen LogP contribution in [0.25, 0.3) is 0 Å². The van der Waals surface area contributed by atoms with Crippen LogP contribution in [0.2, 0.25) is 0 Å². The summed E-state index contributed by atoms with van der Waals surface area (Å²) < 4.78 is 0. The number of aromatic nitrogens is 1. The van der Waals surface area contributed by atoms with Crippen molar-refractivity contribution >= 4 is 11.8 Å². The van der Waals surface area contributed by atoms with Crippen molar-refractivity contribution in [2.24, 2.45) is 5.92 Å². The van der Waals surface area contributed by atoms with Gasteiger partial charge in [-0.3, -0.25) is 19.5 Å². The van der Waals surface area contributed by atoms with Gasteiger partial charge < -0.3 is 10.2 Å². The van der Waals surface area contributed by atoms with Crippen molar-refractivity contribution in [2.75, 3.05) is 26.2 Å². The Balaban J connectivity index is 1.65. The SMILES string of the molecule is CCN(CC)C(=O)[C@H]1CN(Cc2ccncc2)C[C@@]12CCc1ccccc1C(=O)N2. The second-order valence-electron chi connectivity index (χ2n) is 8.36. The zero-order chi connectivity index (χ0) is 21.1. The average molecular weight is 407 g/mol. The van der Waals surface area contributed by atoms with E-state index in [2.05, 4.69) is 15.2 Å². The van der Waals surface area contributed by atoms with E-state index in [0.29, 0.717) is 26.2 Å². The summed E-state index contributed by atoms with van der Waals surface area (Å²) in [6.07, 6.45) is 5.15. The minimum atomic E-state index is -0.553. The highest BCUT2D eigenvalue weighted by Crippen LogP contribution is 2.37. The molecule has 30 heavy (non-hydrogen) atoms. The van der Waals surface area contributed by atoms with E-state index >= 15 is 0 Å². The highest BCUT2D eigenvalue weighted by Gasteiger charge is 2.52. The zero-order valence-electron chi connectivity index (χ0n) is 17.8. The van der Waals surface area contributed by atoms with Crippen LogP contribution in [0.15, 0.2) is 48.8 Å². The van der Waals surface area contributed by atoms with E-state index in [1.165, 1.54) is 5.56 Å². The third kappa shape index (κ3) is 3.84. The predicted molar refractivity (Wildman–Crippen MR) is 116 cm³/mol. The summed E-state index contributed by atoms with van der Waals surface area (Å²) >= 11 is 0. The van der Waals surface area contributed by atoms with Gasteiger partial charge in [-0.2, -0.15) is 0 Å². The van der Waals surface area contributed by atoms with Gasteiger partial charge in [-0.25, -0.2) is 0 Å². The monoisotopic (exact) mass is 406 g/mol. The molecule has 1 fully saturated rings. The van der Waals surface area contributed by atoms with Crippen LogP contribution >= 0.6 is 0 Å². The number of aryl methyl sites for hydroxylation is 1. The molecule has 2 aromatic rings. The Bertz CT molecular complexity index is 912. The number of fused-ring (bicyclic) bond motifs is 1. The normalized spacial score (nSPS) is 23.7. The first-order chi connectivity index (χ1) is 14.6. The van der Waals surface area contributed by atoms with Gasteiger partial charge in [-0.1, -0.05) is 18.2 Å². The maximum atomic E-state index is 13.5. The first-order valence-electron chi connectivity index (χ1n) is 10.9. The highest BCUT2D eigenvalue weighted by atomic mass is 16.2. The molecule has 1 N–H and O–H groups in total. The average Bonchev–Trinajstić information content (AvgIpc) is 3.04. The number of carbonyl (C=O) groups excluding carboxylic acids is 2. The lowest BCUT2D eigenvalue weighted by atomic mass is 9.81. The number of hydrogen-bond acceptors (Lipinski definition) is 4. The van der Waals surface area contributed by atoms with Gasteiger partial charge in [-0.15, -0.1) is 0 Å². The molecule has 1 aromatic carbocycles. The van der Waals surface area contributed by atoms with E-state index in [-0.39, 0.29) is 17.7 Å². The Kier molecular flexibility index (Phi) is 5.86. The van der Waals surface area contributed by atoms with E-state index in [1.807, 2.05) is 55.1 Å². The summed E-state index contributed by atoms with van der Waals surface area (Å²) in [7, 11) is 0. The summed E-state index contributed by atoms with van der Waals surface area (Å²) in [6.45, 7) is 7.45. The van der Waals surface area contributed by atoms with Crippen LogP contribution in [0.4, 0.5) is 0 Å². The standard InChI is InChI=1S/C24H30N4O2/c1-3-28(4-2)23(30)21-16-27(15-18-10-13-25-14-11-18)17-24(21)12-9-19-7-5-6-8-20(19)22(29)26-24/h5-8,10-11,13-14,21H,3-4,9,12,15-17H2,1-2H3,(H,26,29)/t21-,24+/m1/s1. The number of carbonyl (C=O) groups is 2. The molecule has 2 aliphatic heterocycles. The minimum Gasteiger partial charge on any atom is -0.344 e. The molecule has 6 heteroatoms. The summed E-state index contributed by atoms with van der Waals surface area (Å²) in [5.74, 6) is -0.174. The second-order valence-corrected chi connectivity index (χ2v) is 8.36. The molecule has 0 bridgehead atoms. The lowest BCUT2D eigenvalue weighted by Crippen LogP contribution is -2.58. The van der Waals surface area contributed by atoms with Crippen LogP contribution in [0.5, 0.6) is 0 Å². The predicted octanol–water partition coefficient (Wildman–Crippen LogP) is 2.50. The van der Waals surface area contributed by atoms with Crippen molar-refractivity contribution in [1.82, 2.24) is 20.1 Å². The number of benzene rings is 1. The zero-order valence-corrected chi connectivity index (χ0v) is 17.8. The molecular formula is C24H30N4O2. The number of pyridine rings is 1. The fourth-order valence-corrected chi connectivity index (χ4v) is 5.00. The van der Waals surface area contributed by atoms with Gasteiger partial charge in [0.25, 0.3) is 5.91 Å². The lowest BCUT2D eigenvalue weighted by Gasteiger charge is -2.36. The first-order valence-corrected chi connectivity index (χ1v) is 10.9. The molecule has 1 aromatic heterocycles. The number of amides is 2. The van der Waals surface area contributed by atoms with E-state index in [4.69, 9.17) is 0 Å². The van der Waals surface area contributed by atoms with Crippen LogP contribution in [0, 0.1) is 5.92 Å². The van der Waals surface area contributed by atoms with Crippen molar-refractivity contribution < 1.29 is 9.59 Å². The third-order valence-electron chi connectivity index (χ3n) is 6.61. The quantitative estimate of drug-likeness (QED) is 0.829. The Hall–Kier alpha value is -2.73. The number of nitrogens with one attached hydrogen (secondary N) is 1. The van der Waals surface area contributed by atoms with Crippen molar-refractivity contribution in [3.05, 3.63) is 65.5 Å². The Morgan fingerprint density at radius 3 is 2.67 bits per heavy atom. The van der Waals surface area contributed by atoms with Gasteiger partial charge in [-0.05, 0) is 56.0 Å². The van der Waals surface area contributed by atoms with Crippen LogP contribution in [-0.2, 0) is 17.8 Å². The maximum absolute atomic E-state index is 13.5. The number of rotatable bonds is 5. The van der Waals surface area contributed by atoms with Gasteiger partial charge >= 0.3 is 0 Å². The minimum absolute atomic E-state index is 0.0637. The van der Waals surface area contributed by atoms with Gasteiger partial charge in [0.15, 0.2) is 0 Å². The third-order valence-corrected chi connectivity index (χ3v) is 6.61. The fraction of sp³-hybridized carbons (Fsp3) is 0.458.